The molecular formula is C15H24F3NO2Si. The predicted octanol–water partition coefficient (Wildman–Crippen LogP) is 4.81. The van der Waals surface area contributed by atoms with Crippen molar-refractivity contribution in [2.75, 3.05) is 13.2 Å². The molecule has 7 heteroatoms. The van der Waals surface area contributed by atoms with Crippen LogP contribution in [0.1, 0.15) is 32.0 Å². The summed E-state index contributed by atoms with van der Waals surface area (Å²) in [6, 6.07) is 2.31. The number of halogens is 3. The lowest BCUT2D eigenvalue weighted by Crippen LogP contribution is -2.41. The molecule has 1 rings (SSSR count). The SMILES string of the molecule is Cc1ccc(C(F)(F)F)nc1OCCO[Si](C)(C)C(C)(C)C. The molecule has 0 aliphatic carbocycles. The molecule has 3 nitrogen and oxygen atoms in total. The zero-order valence-electron chi connectivity index (χ0n) is 14.0. The fourth-order valence-corrected chi connectivity index (χ4v) is 2.49. The lowest BCUT2D eigenvalue weighted by molar-refractivity contribution is -0.141. The molecule has 0 aliphatic heterocycles. The highest BCUT2D eigenvalue weighted by atomic mass is 28.4. The summed E-state index contributed by atoms with van der Waals surface area (Å²) in [6.45, 7) is 12.8. The maximum atomic E-state index is 12.6. The van der Waals surface area contributed by atoms with Gasteiger partial charge < -0.3 is 9.16 Å². The van der Waals surface area contributed by atoms with Crippen LogP contribution in [-0.4, -0.2) is 26.5 Å². The molecule has 0 saturated heterocycles. The van der Waals surface area contributed by atoms with Gasteiger partial charge in [0.1, 0.15) is 12.3 Å². The highest BCUT2D eigenvalue weighted by Crippen LogP contribution is 2.36. The number of aryl methyl sites for hydroxylation is 1. The van der Waals surface area contributed by atoms with Crippen LogP contribution in [0.15, 0.2) is 12.1 Å². The first-order valence-corrected chi connectivity index (χ1v) is 10.1. The fourth-order valence-electron chi connectivity index (χ4n) is 1.47. The van der Waals surface area contributed by atoms with Crippen LogP contribution in [0.4, 0.5) is 13.2 Å². The summed E-state index contributed by atoms with van der Waals surface area (Å²) in [5.74, 6) is 0.00802. The van der Waals surface area contributed by atoms with E-state index < -0.39 is 20.2 Å². The molecule has 0 unspecified atom stereocenters. The minimum absolute atomic E-state index is 0.00802. The molecule has 0 bridgehead atoms. The predicted molar refractivity (Wildman–Crippen MR) is 82.6 cm³/mol. The Morgan fingerprint density at radius 1 is 1.09 bits per heavy atom. The zero-order valence-corrected chi connectivity index (χ0v) is 15.0. The van der Waals surface area contributed by atoms with Gasteiger partial charge in [0.15, 0.2) is 8.32 Å². The number of nitrogens with zero attached hydrogens (tertiary/aromatic N) is 1. The fraction of sp³-hybridized carbons (Fsp3) is 0.667. The molecule has 1 heterocycles. The van der Waals surface area contributed by atoms with Crippen molar-refractivity contribution in [2.45, 2.75) is 52.0 Å². The molecule has 0 fully saturated rings. The van der Waals surface area contributed by atoms with E-state index in [0.717, 1.165) is 6.07 Å². The van der Waals surface area contributed by atoms with E-state index in [2.05, 4.69) is 38.8 Å². The van der Waals surface area contributed by atoms with Crippen molar-refractivity contribution in [3.63, 3.8) is 0 Å². The van der Waals surface area contributed by atoms with Gasteiger partial charge in [-0.25, -0.2) is 4.98 Å². The molecule has 126 valence electrons. The first-order chi connectivity index (χ1) is 9.84. The van der Waals surface area contributed by atoms with Gasteiger partial charge in [-0.15, -0.1) is 0 Å². The molecule has 0 atom stereocenters. The first kappa shape index (κ1) is 19.0. The van der Waals surface area contributed by atoms with Crippen LogP contribution in [0.2, 0.25) is 18.1 Å². The molecule has 0 amide bonds. The Labute approximate surface area is 131 Å². The molecule has 0 radical (unpaired) electrons. The lowest BCUT2D eigenvalue weighted by Gasteiger charge is -2.36. The molecule has 0 spiro atoms. The van der Waals surface area contributed by atoms with Crippen LogP contribution in [0.5, 0.6) is 5.88 Å². The number of pyridine rings is 1. The Balaban J connectivity index is 2.63. The monoisotopic (exact) mass is 335 g/mol. The van der Waals surface area contributed by atoms with E-state index in [-0.39, 0.29) is 17.5 Å². The number of rotatable bonds is 5. The van der Waals surface area contributed by atoms with Crippen LogP contribution in [-0.2, 0) is 10.6 Å². The van der Waals surface area contributed by atoms with Gasteiger partial charge in [0.25, 0.3) is 0 Å². The van der Waals surface area contributed by atoms with Crippen LogP contribution in [0.3, 0.4) is 0 Å². The van der Waals surface area contributed by atoms with Crippen LogP contribution in [0.25, 0.3) is 0 Å². The molecule has 22 heavy (non-hydrogen) atoms. The molecule has 0 N–H and O–H groups in total. The Hall–Kier alpha value is -1.08. The molecule has 0 aromatic carbocycles. The smallest absolute Gasteiger partial charge is 0.433 e. The minimum Gasteiger partial charge on any atom is -0.475 e. The van der Waals surface area contributed by atoms with Gasteiger partial charge >= 0.3 is 6.18 Å². The highest BCUT2D eigenvalue weighted by Gasteiger charge is 2.37. The van der Waals surface area contributed by atoms with Gasteiger partial charge in [0.05, 0.1) is 6.61 Å². The maximum Gasteiger partial charge on any atom is 0.433 e. The second kappa shape index (κ2) is 6.58. The van der Waals surface area contributed by atoms with Crippen molar-refractivity contribution in [2.24, 2.45) is 0 Å². The Morgan fingerprint density at radius 3 is 2.18 bits per heavy atom. The molecule has 0 saturated carbocycles. The number of aromatic nitrogens is 1. The minimum atomic E-state index is -4.47. The van der Waals surface area contributed by atoms with Crippen LogP contribution >= 0.6 is 0 Å². The summed E-state index contributed by atoms with van der Waals surface area (Å²) >= 11 is 0. The third-order valence-electron chi connectivity index (χ3n) is 3.93. The third kappa shape index (κ3) is 4.98. The summed E-state index contributed by atoms with van der Waals surface area (Å²) in [7, 11) is -1.88. The topological polar surface area (TPSA) is 31.4 Å². The van der Waals surface area contributed by atoms with Crippen molar-refractivity contribution >= 4 is 8.32 Å². The maximum absolute atomic E-state index is 12.6. The first-order valence-electron chi connectivity index (χ1n) is 7.16. The molecular weight excluding hydrogens is 311 g/mol. The summed E-state index contributed by atoms with van der Waals surface area (Å²) < 4.78 is 49.2. The standard InChI is InChI=1S/C15H24F3NO2Si/c1-11-7-8-12(15(16,17)18)19-13(11)20-9-10-21-22(5,6)14(2,3)4/h7-8H,9-10H2,1-6H3. The van der Waals surface area contributed by atoms with E-state index in [1.807, 2.05) is 0 Å². The zero-order chi connectivity index (χ0) is 17.2. The lowest BCUT2D eigenvalue weighted by atomic mass is 10.2. The van der Waals surface area contributed by atoms with E-state index in [1.165, 1.54) is 6.07 Å². The second-order valence-corrected chi connectivity index (χ2v) is 11.6. The van der Waals surface area contributed by atoms with Gasteiger partial charge in [-0.05, 0) is 31.1 Å². The number of ether oxygens (including phenoxy) is 1. The average molecular weight is 335 g/mol. The largest absolute Gasteiger partial charge is 0.475 e. The van der Waals surface area contributed by atoms with Crippen LogP contribution < -0.4 is 4.74 Å². The Kier molecular flexibility index (Phi) is 5.67. The number of hydrogen-bond acceptors (Lipinski definition) is 3. The van der Waals surface area contributed by atoms with Crippen molar-refractivity contribution in [1.29, 1.82) is 0 Å². The van der Waals surface area contributed by atoms with Crippen molar-refractivity contribution < 1.29 is 22.3 Å². The van der Waals surface area contributed by atoms with Crippen molar-refractivity contribution in [1.82, 2.24) is 4.98 Å². The van der Waals surface area contributed by atoms with Crippen molar-refractivity contribution in [3.8, 4) is 5.88 Å². The second-order valence-electron chi connectivity index (χ2n) is 6.77. The third-order valence-corrected chi connectivity index (χ3v) is 8.47. The van der Waals surface area contributed by atoms with Crippen molar-refractivity contribution in [3.05, 3.63) is 23.4 Å². The highest BCUT2D eigenvalue weighted by molar-refractivity contribution is 6.74. The molecule has 0 aliphatic rings. The van der Waals surface area contributed by atoms with E-state index in [0.29, 0.717) is 12.2 Å². The summed E-state index contributed by atoms with van der Waals surface area (Å²) in [5.41, 5.74) is -0.376. The Bertz CT molecular complexity index is 510. The van der Waals surface area contributed by atoms with E-state index >= 15 is 0 Å². The van der Waals surface area contributed by atoms with Crippen LogP contribution in [0, 0.1) is 6.92 Å². The van der Waals surface area contributed by atoms with Gasteiger partial charge in [-0.1, -0.05) is 26.8 Å². The summed E-state index contributed by atoms with van der Waals surface area (Å²) in [6.07, 6.45) is -4.47. The summed E-state index contributed by atoms with van der Waals surface area (Å²) in [4.78, 5) is 3.53. The van der Waals surface area contributed by atoms with Gasteiger partial charge in [-0.2, -0.15) is 13.2 Å². The Morgan fingerprint density at radius 2 is 1.68 bits per heavy atom. The average Bonchev–Trinajstić information content (AvgIpc) is 2.33. The normalized spacial score (nSPS) is 13.3. The van der Waals surface area contributed by atoms with E-state index in [1.54, 1.807) is 6.92 Å². The number of hydrogen-bond donors (Lipinski definition) is 0. The van der Waals surface area contributed by atoms with Gasteiger partial charge in [0.2, 0.25) is 5.88 Å². The van der Waals surface area contributed by atoms with E-state index in [4.69, 9.17) is 9.16 Å². The summed E-state index contributed by atoms with van der Waals surface area (Å²) in [5, 5.41) is 0.0807. The quantitative estimate of drug-likeness (QED) is 0.571. The number of alkyl halides is 3. The van der Waals surface area contributed by atoms with E-state index in [9.17, 15) is 13.2 Å². The molecule has 1 aromatic rings. The van der Waals surface area contributed by atoms with Gasteiger partial charge in [-0.3, -0.25) is 0 Å². The molecule has 1 aromatic heterocycles. The van der Waals surface area contributed by atoms with Gasteiger partial charge in [0, 0.05) is 5.56 Å².